The third-order valence-electron chi connectivity index (χ3n) is 0.129. The van der Waals surface area contributed by atoms with Gasteiger partial charge in [0.25, 0.3) is 0 Å². The van der Waals surface area contributed by atoms with Gasteiger partial charge in [0.1, 0.15) is 0 Å². The summed E-state index contributed by atoms with van der Waals surface area (Å²) in [5.74, 6) is 0. The third-order valence-corrected chi connectivity index (χ3v) is 0.129. The Bertz CT molecular complexity index is 23.4. The number of nitrogens with two attached hydrogens (primary N) is 1. The second-order valence-electron chi connectivity index (χ2n) is 0.512. The van der Waals surface area contributed by atoms with Crippen LogP contribution in [0.4, 0.5) is 0 Å². The Morgan fingerprint density at radius 3 is 1.00 bits per heavy atom. The molecule has 9 heteroatoms. The number of rotatable bonds is 1. The molecule has 0 fully saturated rings. The molecule has 0 bridgehead atoms. The molecule has 0 amide bonds. The summed E-state index contributed by atoms with van der Waals surface area (Å²) >= 11 is 0. The van der Waals surface area contributed by atoms with Crippen LogP contribution < -0.4 is 5.73 Å². The van der Waals surface area contributed by atoms with Gasteiger partial charge in [0.15, 0.2) is 0 Å². The number of aliphatic hydroxyl groups is 1. The first-order valence-electron chi connectivity index (χ1n) is 1.22. The molecule has 80 valence electrons. The van der Waals surface area contributed by atoms with E-state index in [1.54, 1.807) is 0 Å². The fourth-order valence-corrected chi connectivity index (χ4v) is 0. The third kappa shape index (κ3) is 388. The van der Waals surface area contributed by atoms with Gasteiger partial charge in [-0.1, -0.05) is 0 Å². The van der Waals surface area contributed by atoms with Gasteiger partial charge in [-0.3, -0.25) is 0 Å². The minimum atomic E-state index is 0. The van der Waals surface area contributed by atoms with Crippen LogP contribution in [-0.2, 0) is 21.1 Å². The Kier molecular flexibility index (Phi) is 1590. The van der Waals surface area contributed by atoms with Gasteiger partial charge in [-0.25, -0.2) is 0 Å². The van der Waals surface area contributed by atoms with Crippen molar-refractivity contribution >= 4 is 0 Å². The van der Waals surface area contributed by atoms with Crippen molar-refractivity contribution in [2.45, 2.75) is 0 Å². The summed E-state index contributed by atoms with van der Waals surface area (Å²) in [6, 6.07) is 0. The predicted molar refractivity (Wildman–Crippen MR) is 28.9 cm³/mol. The van der Waals surface area contributed by atoms with Crippen LogP contribution in [0.15, 0.2) is 0 Å². The topological polar surface area (TPSA) is 226 Å². The normalized spacial score (nSPS) is 2.73. The first-order chi connectivity index (χ1) is 1.91. The van der Waals surface area contributed by atoms with E-state index in [-0.39, 0.29) is 62.0 Å². The Morgan fingerprint density at radius 2 is 1.00 bits per heavy atom. The minimum Gasteiger partial charge on any atom is -0.870 e. The van der Waals surface area contributed by atoms with E-state index in [1.165, 1.54) is 0 Å². The summed E-state index contributed by atoms with van der Waals surface area (Å²) in [4.78, 5) is 0. The summed E-state index contributed by atoms with van der Waals surface area (Å²) in [7, 11) is 0. The van der Waals surface area contributed by atoms with E-state index in [9.17, 15) is 0 Å². The van der Waals surface area contributed by atoms with Gasteiger partial charge in [0.05, 0.1) is 6.61 Å². The van der Waals surface area contributed by atoms with Crippen LogP contribution in [0.1, 0.15) is 1.43 Å². The van der Waals surface area contributed by atoms with E-state index < -0.39 is 0 Å². The molecule has 0 rings (SSSR count). The Labute approximate surface area is 80.0 Å². The second-order valence-corrected chi connectivity index (χ2v) is 0.512. The van der Waals surface area contributed by atoms with Crippen LogP contribution in [0.5, 0.6) is 0 Å². The molecule has 8 nitrogen and oxygen atoms in total. The molecular weight excluding hydrogens is 345 g/mol. The number of hydrogen-bond donors (Lipinski definition) is 2. The largest absolute Gasteiger partial charge is 4.00 e. The zero-order valence-electron chi connectivity index (χ0n) is 6.44. The van der Waals surface area contributed by atoms with Crippen LogP contribution in [0, 0.1) is 0 Å². The van der Waals surface area contributed by atoms with Crippen molar-refractivity contribution in [3.8, 4) is 0 Å². The molecule has 0 aliphatic rings. The van der Waals surface area contributed by atoms with E-state index in [0.717, 1.165) is 0 Å². The molecule has 0 heterocycles. The van der Waals surface area contributed by atoms with Gasteiger partial charge >= 0.3 is 22.5 Å². The standard InChI is InChI=1S/C2H7NO.6H2O.Pt/c3-1-2-4;;;;;;;/h4H,1-3H2;6*1H2;/q;;;;;;;+4/p-5. The molecule has 0 aliphatic heterocycles. The molecule has 0 radical (unpaired) electrons. The molecule has 0 saturated heterocycles. The molecule has 0 aromatic rings. The SMILES string of the molecule is NCCO.[H+].[OH-].[OH-].[OH-].[OH-].[OH-].[OH-].[Pt+4]. The number of aliphatic hydroxyl groups excluding tert-OH is 1. The van der Waals surface area contributed by atoms with Gasteiger partial charge in [-0.2, -0.15) is 0 Å². The maximum Gasteiger partial charge on any atom is 4.00 e. The Morgan fingerprint density at radius 1 is 0.909 bits per heavy atom. The zero-order valence-corrected chi connectivity index (χ0v) is 7.71. The van der Waals surface area contributed by atoms with Crippen molar-refractivity contribution in [1.29, 1.82) is 0 Å². The summed E-state index contributed by atoms with van der Waals surface area (Å²) in [5, 5.41) is 7.75. The van der Waals surface area contributed by atoms with Gasteiger partial charge in [0, 0.05) is 6.54 Å². The van der Waals surface area contributed by atoms with Crippen molar-refractivity contribution in [2.24, 2.45) is 5.73 Å². The van der Waals surface area contributed by atoms with Crippen LogP contribution in [0.25, 0.3) is 0 Å². The zero-order chi connectivity index (χ0) is 3.41. The van der Waals surface area contributed by atoms with Crippen molar-refractivity contribution < 1.29 is 60.5 Å². The molecule has 0 aromatic carbocycles. The molecule has 0 unspecified atom stereocenters. The van der Waals surface area contributed by atoms with E-state index >= 15 is 0 Å². The van der Waals surface area contributed by atoms with Gasteiger partial charge in [0.2, 0.25) is 0 Å². The Balaban J connectivity index is -0.00000000161. The van der Waals surface area contributed by atoms with E-state index in [4.69, 9.17) is 10.8 Å². The molecule has 0 aromatic heterocycles. The number of hydrogen-bond acceptors (Lipinski definition) is 8. The average molecular weight is 359 g/mol. The monoisotopic (exact) mass is 359 g/mol. The summed E-state index contributed by atoms with van der Waals surface area (Å²) in [5.41, 5.74) is 4.78. The van der Waals surface area contributed by atoms with Gasteiger partial charge in [-0.05, 0) is 0 Å². The molecule has 0 spiro atoms. The second kappa shape index (κ2) is 162. The average Bonchev–Trinajstić information content (AvgIpc) is 1.37. The van der Waals surface area contributed by atoms with Crippen LogP contribution in [0.3, 0.4) is 0 Å². The van der Waals surface area contributed by atoms with Crippen molar-refractivity contribution in [2.75, 3.05) is 13.2 Å². The quantitative estimate of drug-likeness (QED) is 0.530. The summed E-state index contributed by atoms with van der Waals surface area (Å²) < 4.78 is 0. The maximum absolute atomic E-state index is 7.75. The first-order valence-corrected chi connectivity index (χ1v) is 1.22. The first kappa shape index (κ1) is 108. The fourth-order valence-electron chi connectivity index (χ4n) is 0. The van der Waals surface area contributed by atoms with Crippen molar-refractivity contribution in [1.82, 2.24) is 0 Å². The molecule has 9 N–H and O–H groups in total. The van der Waals surface area contributed by atoms with Crippen molar-refractivity contribution in [3.05, 3.63) is 0 Å². The van der Waals surface area contributed by atoms with Crippen LogP contribution >= 0.6 is 0 Å². The van der Waals surface area contributed by atoms with Gasteiger partial charge < -0.3 is 43.7 Å². The molecule has 0 saturated carbocycles. The summed E-state index contributed by atoms with van der Waals surface area (Å²) in [6.07, 6.45) is 0. The van der Waals surface area contributed by atoms with Gasteiger partial charge in [-0.15, -0.1) is 0 Å². The van der Waals surface area contributed by atoms with Crippen LogP contribution in [0.2, 0.25) is 0 Å². The summed E-state index contributed by atoms with van der Waals surface area (Å²) in [6.45, 7) is 0.472. The molecule has 0 aliphatic carbocycles. The van der Waals surface area contributed by atoms with E-state index in [2.05, 4.69) is 0 Å². The maximum atomic E-state index is 7.75. The minimum absolute atomic E-state index is 0. The Hall–Kier alpha value is 0.368. The van der Waals surface area contributed by atoms with Crippen LogP contribution in [-0.4, -0.2) is 51.1 Å². The fraction of sp³-hybridized carbons (Fsp3) is 1.00. The van der Waals surface area contributed by atoms with E-state index in [1.807, 2.05) is 0 Å². The molecule has 0 atom stereocenters. The molecular formula is C2H14NO7Pt-. The van der Waals surface area contributed by atoms with E-state index in [0.29, 0.717) is 6.54 Å². The molecule has 11 heavy (non-hydrogen) atoms. The smallest absolute Gasteiger partial charge is 0.870 e. The van der Waals surface area contributed by atoms with Crippen molar-refractivity contribution in [3.63, 3.8) is 0 Å². The predicted octanol–water partition coefficient (Wildman–Crippen LogP) is -2.01.